The minimum absolute atomic E-state index is 0.0894. The fourth-order valence-corrected chi connectivity index (χ4v) is 5.08. The van der Waals surface area contributed by atoms with Gasteiger partial charge in [-0.05, 0) is 30.5 Å². The maximum atomic E-state index is 11.1. The van der Waals surface area contributed by atoms with Crippen LogP contribution in [0, 0.1) is 10.1 Å². The van der Waals surface area contributed by atoms with Crippen LogP contribution in [0.4, 0.5) is 11.5 Å². The zero-order valence-electron chi connectivity index (χ0n) is 16.5. The predicted octanol–water partition coefficient (Wildman–Crippen LogP) is 6.38. The van der Waals surface area contributed by atoms with Crippen LogP contribution >= 0.6 is 11.3 Å². The van der Waals surface area contributed by atoms with E-state index in [0.29, 0.717) is 6.04 Å². The highest BCUT2D eigenvalue weighted by Gasteiger charge is 2.23. The zero-order chi connectivity index (χ0) is 20.5. The van der Waals surface area contributed by atoms with Crippen molar-refractivity contribution in [2.75, 3.05) is 5.32 Å². The summed E-state index contributed by atoms with van der Waals surface area (Å²) < 4.78 is 2.20. The van der Waals surface area contributed by atoms with Gasteiger partial charge < -0.3 is 5.32 Å². The van der Waals surface area contributed by atoms with Gasteiger partial charge in [0.05, 0.1) is 10.6 Å². The molecule has 2 heterocycles. The number of anilines is 1. The summed E-state index contributed by atoms with van der Waals surface area (Å²) in [6, 6.07) is 17.4. The van der Waals surface area contributed by atoms with Gasteiger partial charge in [-0.2, -0.15) is 0 Å². The molecule has 30 heavy (non-hydrogen) atoms. The Morgan fingerprint density at radius 1 is 1.00 bits per heavy atom. The molecule has 1 N–H and O–H groups in total. The fourth-order valence-electron chi connectivity index (χ4n) is 4.19. The number of non-ortho nitro benzene ring substituents is 1. The highest BCUT2D eigenvalue weighted by molar-refractivity contribution is 7.15. The summed E-state index contributed by atoms with van der Waals surface area (Å²) in [5, 5.41) is 17.0. The van der Waals surface area contributed by atoms with E-state index in [1.165, 1.54) is 19.3 Å². The van der Waals surface area contributed by atoms with E-state index < -0.39 is 0 Å². The van der Waals surface area contributed by atoms with Crippen molar-refractivity contribution in [3.05, 3.63) is 70.1 Å². The lowest BCUT2D eigenvalue weighted by Crippen LogP contribution is -2.23. The Morgan fingerprint density at radius 2 is 1.73 bits per heavy atom. The fraction of sp³-hybridized carbons (Fsp3) is 0.261. The second kappa shape index (κ2) is 7.91. The number of hydrogen-bond acceptors (Lipinski definition) is 5. The van der Waals surface area contributed by atoms with Crippen molar-refractivity contribution in [2.24, 2.45) is 0 Å². The van der Waals surface area contributed by atoms with Crippen LogP contribution in [-0.4, -0.2) is 20.3 Å². The molecule has 2 aromatic heterocycles. The van der Waals surface area contributed by atoms with E-state index in [2.05, 4.69) is 27.2 Å². The van der Waals surface area contributed by atoms with Gasteiger partial charge in [0.1, 0.15) is 11.5 Å². The number of benzene rings is 2. The number of nitrogens with one attached hydrogen (secondary N) is 1. The molecular formula is C23H22N4O2S. The lowest BCUT2D eigenvalue weighted by Gasteiger charge is -2.24. The van der Waals surface area contributed by atoms with E-state index in [1.54, 1.807) is 35.6 Å². The smallest absolute Gasteiger partial charge is 0.269 e. The summed E-state index contributed by atoms with van der Waals surface area (Å²) in [4.78, 5) is 16.5. The quantitative estimate of drug-likeness (QED) is 0.301. The average molecular weight is 419 g/mol. The van der Waals surface area contributed by atoms with E-state index in [-0.39, 0.29) is 10.6 Å². The Labute approximate surface area is 178 Å². The molecule has 1 saturated carbocycles. The second-order valence-electron chi connectivity index (χ2n) is 7.70. The number of fused-ring (bicyclic) bond motifs is 1. The molecule has 0 saturated heterocycles. The van der Waals surface area contributed by atoms with Gasteiger partial charge in [-0.15, -0.1) is 11.3 Å². The van der Waals surface area contributed by atoms with E-state index in [9.17, 15) is 10.1 Å². The SMILES string of the molecule is O=[N+]([O-])c1ccc(-c2nc3scc(-c4ccccc4)n3c2NC2CCCCC2)cc1. The van der Waals surface area contributed by atoms with Gasteiger partial charge in [-0.1, -0.05) is 49.6 Å². The summed E-state index contributed by atoms with van der Waals surface area (Å²) in [6.45, 7) is 0. The predicted molar refractivity (Wildman–Crippen MR) is 121 cm³/mol. The summed E-state index contributed by atoms with van der Waals surface area (Å²) in [7, 11) is 0. The number of hydrogen-bond donors (Lipinski definition) is 1. The molecule has 1 fully saturated rings. The third kappa shape index (κ3) is 3.45. The van der Waals surface area contributed by atoms with E-state index in [1.807, 2.05) is 18.2 Å². The number of thiazole rings is 1. The molecule has 2 aromatic carbocycles. The van der Waals surface area contributed by atoms with Crippen molar-refractivity contribution in [1.82, 2.24) is 9.38 Å². The van der Waals surface area contributed by atoms with Gasteiger partial charge in [-0.3, -0.25) is 14.5 Å². The lowest BCUT2D eigenvalue weighted by atomic mass is 9.95. The van der Waals surface area contributed by atoms with Crippen molar-refractivity contribution in [3.8, 4) is 22.5 Å². The van der Waals surface area contributed by atoms with Crippen LogP contribution in [0.3, 0.4) is 0 Å². The maximum Gasteiger partial charge on any atom is 0.269 e. The van der Waals surface area contributed by atoms with Gasteiger partial charge in [0.25, 0.3) is 5.69 Å². The first-order valence-corrected chi connectivity index (χ1v) is 11.2. The van der Waals surface area contributed by atoms with E-state index in [0.717, 1.165) is 46.1 Å². The molecule has 5 rings (SSSR count). The minimum Gasteiger partial charge on any atom is -0.367 e. The van der Waals surface area contributed by atoms with Crippen molar-refractivity contribution < 1.29 is 4.92 Å². The van der Waals surface area contributed by atoms with Crippen molar-refractivity contribution >= 4 is 27.8 Å². The first kappa shape index (κ1) is 18.8. The molecule has 7 heteroatoms. The zero-order valence-corrected chi connectivity index (χ0v) is 17.3. The molecule has 4 aromatic rings. The molecular weight excluding hydrogens is 396 g/mol. The lowest BCUT2D eigenvalue weighted by molar-refractivity contribution is -0.384. The molecule has 0 aliphatic heterocycles. The van der Waals surface area contributed by atoms with Crippen LogP contribution in [0.2, 0.25) is 0 Å². The summed E-state index contributed by atoms with van der Waals surface area (Å²) >= 11 is 1.61. The van der Waals surface area contributed by atoms with Crippen molar-refractivity contribution in [3.63, 3.8) is 0 Å². The number of nitro groups is 1. The summed E-state index contributed by atoms with van der Waals surface area (Å²) in [6.07, 6.45) is 6.07. The van der Waals surface area contributed by atoms with Gasteiger partial charge in [-0.25, -0.2) is 4.98 Å². The Morgan fingerprint density at radius 3 is 2.43 bits per heavy atom. The highest BCUT2D eigenvalue weighted by atomic mass is 32.1. The van der Waals surface area contributed by atoms with Crippen molar-refractivity contribution in [2.45, 2.75) is 38.1 Å². The van der Waals surface area contributed by atoms with Gasteiger partial charge in [0, 0.05) is 29.1 Å². The molecule has 0 atom stereocenters. The monoisotopic (exact) mass is 418 g/mol. The van der Waals surface area contributed by atoms with Crippen LogP contribution in [0.5, 0.6) is 0 Å². The number of rotatable bonds is 5. The van der Waals surface area contributed by atoms with Gasteiger partial charge in [0.15, 0.2) is 4.96 Å². The van der Waals surface area contributed by atoms with Crippen LogP contribution in [-0.2, 0) is 0 Å². The Hall–Kier alpha value is -3.19. The topological polar surface area (TPSA) is 72.5 Å². The molecule has 0 amide bonds. The van der Waals surface area contributed by atoms with E-state index in [4.69, 9.17) is 4.98 Å². The standard InChI is InChI=1S/C23H22N4O2S/c28-27(29)19-13-11-17(12-14-19)21-22(24-18-9-5-2-6-10-18)26-20(15-30-23(26)25-21)16-7-3-1-4-8-16/h1,3-4,7-8,11-15,18,24H,2,5-6,9-10H2. The molecule has 1 aliphatic carbocycles. The first-order chi connectivity index (χ1) is 14.7. The Bertz CT molecular complexity index is 1180. The molecule has 1 aliphatic rings. The molecule has 0 unspecified atom stereocenters. The third-order valence-corrected chi connectivity index (χ3v) is 6.56. The summed E-state index contributed by atoms with van der Waals surface area (Å²) in [5.74, 6) is 0.978. The van der Waals surface area contributed by atoms with Crippen molar-refractivity contribution in [1.29, 1.82) is 0 Å². The second-order valence-corrected chi connectivity index (χ2v) is 8.53. The normalized spacial score (nSPS) is 14.8. The minimum atomic E-state index is -0.371. The molecule has 0 radical (unpaired) electrons. The third-order valence-electron chi connectivity index (χ3n) is 5.73. The maximum absolute atomic E-state index is 11.1. The Balaban J connectivity index is 1.64. The van der Waals surface area contributed by atoms with Crippen LogP contribution in [0.15, 0.2) is 60.0 Å². The van der Waals surface area contributed by atoms with Crippen LogP contribution in [0.25, 0.3) is 27.5 Å². The highest BCUT2D eigenvalue weighted by Crippen LogP contribution is 2.37. The molecule has 6 nitrogen and oxygen atoms in total. The van der Waals surface area contributed by atoms with Gasteiger partial charge >= 0.3 is 0 Å². The first-order valence-electron chi connectivity index (χ1n) is 10.3. The number of nitrogens with zero attached hydrogens (tertiary/aromatic N) is 3. The Kier molecular flexibility index (Phi) is 4.96. The largest absolute Gasteiger partial charge is 0.367 e. The van der Waals surface area contributed by atoms with Crippen LogP contribution in [0.1, 0.15) is 32.1 Å². The molecule has 0 spiro atoms. The number of imidazole rings is 1. The van der Waals surface area contributed by atoms with E-state index >= 15 is 0 Å². The van der Waals surface area contributed by atoms with Crippen LogP contribution < -0.4 is 5.32 Å². The molecule has 152 valence electrons. The average Bonchev–Trinajstić information content (AvgIpc) is 3.35. The number of nitro benzene ring substituents is 1. The summed E-state index contributed by atoms with van der Waals surface area (Å²) in [5.41, 5.74) is 4.07. The number of aromatic nitrogens is 2. The van der Waals surface area contributed by atoms with Gasteiger partial charge in [0.2, 0.25) is 0 Å². The molecule has 0 bridgehead atoms.